The molecule has 0 radical (unpaired) electrons. The molecule has 0 spiro atoms. The topological polar surface area (TPSA) is 12.0 Å². The van der Waals surface area contributed by atoms with Gasteiger partial charge < -0.3 is 5.32 Å². The minimum atomic E-state index is 0.619. The molecule has 1 heteroatoms. The number of fused-ring (bicyclic) bond motifs is 1. The van der Waals surface area contributed by atoms with Crippen LogP contribution in [0, 0.1) is 5.92 Å². The number of rotatable bonds is 0. The highest BCUT2D eigenvalue weighted by Crippen LogP contribution is 2.29. The van der Waals surface area contributed by atoms with Crippen LogP contribution in [0.15, 0.2) is 23.9 Å². The van der Waals surface area contributed by atoms with Crippen molar-refractivity contribution in [3.8, 4) is 0 Å². The molecule has 1 nitrogen and oxygen atoms in total. The van der Waals surface area contributed by atoms with Crippen molar-refractivity contribution in [2.45, 2.75) is 25.8 Å². The van der Waals surface area contributed by atoms with Crippen molar-refractivity contribution in [2.24, 2.45) is 5.92 Å². The van der Waals surface area contributed by atoms with E-state index in [1.807, 2.05) is 0 Å². The van der Waals surface area contributed by atoms with Crippen LogP contribution < -0.4 is 5.32 Å². The molecule has 54 valence electrons. The van der Waals surface area contributed by atoms with Crippen molar-refractivity contribution in [1.29, 1.82) is 0 Å². The van der Waals surface area contributed by atoms with Gasteiger partial charge in [0.15, 0.2) is 0 Å². The van der Waals surface area contributed by atoms with Gasteiger partial charge in [0.25, 0.3) is 0 Å². The SMILES string of the molecule is CC1=CNC2C=CCCC12. The molecule has 0 saturated carbocycles. The Morgan fingerprint density at radius 3 is 3.30 bits per heavy atom. The summed E-state index contributed by atoms with van der Waals surface area (Å²) in [4.78, 5) is 0. The molecule has 1 N–H and O–H groups in total. The van der Waals surface area contributed by atoms with E-state index in [-0.39, 0.29) is 0 Å². The zero-order chi connectivity index (χ0) is 6.97. The highest BCUT2D eigenvalue weighted by atomic mass is 14.9. The Bertz CT molecular complexity index is 191. The molecule has 2 aliphatic rings. The van der Waals surface area contributed by atoms with Crippen molar-refractivity contribution in [2.75, 3.05) is 0 Å². The van der Waals surface area contributed by atoms with Gasteiger partial charge in [-0.05, 0) is 26.0 Å². The summed E-state index contributed by atoms with van der Waals surface area (Å²) in [6.45, 7) is 2.22. The molecule has 0 saturated heterocycles. The van der Waals surface area contributed by atoms with E-state index in [2.05, 4.69) is 30.6 Å². The second kappa shape index (κ2) is 2.15. The van der Waals surface area contributed by atoms with Gasteiger partial charge in [-0.3, -0.25) is 0 Å². The van der Waals surface area contributed by atoms with Gasteiger partial charge in [0.05, 0.1) is 6.04 Å². The monoisotopic (exact) mass is 135 g/mol. The lowest BCUT2D eigenvalue weighted by Crippen LogP contribution is -2.26. The number of nitrogens with one attached hydrogen (secondary N) is 1. The zero-order valence-corrected chi connectivity index (χ0v) is 6.30. The Morgan fingerprint density at radius 2 is 2.50 bits per heavy atom. The fourth-order valence-corrected chi connectivity index (χ4v) is 1.85. The predicted octanol–water partition coefficient (Wildman–Crippen LogP) is 1.83. The van der Waals surface area contributed by atoms with Gasteiger partial charge in [-0.2, -0.15) is 0 Å². The fraction of sp³-hybridized carbons (Fsp3) is 0.556. The van der Waals surface area contributed by atoms with Crippen molar-refractivity contribution >= 4 is 0 Å². The molecule has 1 aliphatic heterocycles. The molecule has 0 fully saturated rings. The van der Waals surface area contributed by atoms with Crippen LogP contribution in [0.5, 0.6) is 0 Å². The summed E-state index contributed by atoms with van der Waals surface area (Å²) in [5, 5.41) is 3.36. The van der Waals surface area contributed by atoms with Crippen LogP contribution in [0.25, 0.3) is 0 Å². The third kappa shape index (κ3) is 0.772. The third-order valence-corrected chi connectivity index (χ3v) is 2.51. The first-order valence-corrected chi connectivity index (χ1v) is 3.97. The van der Waals surface area contributed by atoms with Gasteiger partial charge in [-0.25, -0.2) is 0 Å². The Labute approximate surface area is 61.8 Å². The van der Waals surface area contributed by atoms with Gasteiger partial charge >= 0.3 is 0 Å². The van der Waals surface area contributed by atoms with E-state index >= 15 is 0 Å². The van der Waals surface area contributed by atoms with E-state index in [1.54, 1.807) is 0 Å². The van der Waals surface area contributed by atoms with Crippen LogP contribution >= 0.6 is 0 Å². The van der Waals surface area contributed by atoms with E-state index < -0.39 is 0 Å². The van der Waals surface area contributed by atoms with Crippen molar-refractivity contribution in [3.05, 3.63) is 23.9 Å². The Balaban J connectivity index is 2.19. The summed E-state index contributed by atoms with van der Waals surface area (Å²) < 4.78 is 0. The average Bonchev–Trinajstić information content (AvgIpc) is 2.34. The molecular weight excluding hydrogens is 122 g/mol. The van der Waals surface area contributed by atoms with Gasteiger partial charge in [-0.1, -0.05) is 17.7 Å². The van der Waals surface area contributed by atoms with Gasteiger partial charge in [0, 0.05) is 5.92 Å². The zero-order valence-electron chi connectivity index (χ0n) is 6.30. The lowest BCUT2D eigenvalue weighted by Gasteiger charge is -2.21. The smallest absolute Gasteiger partial charge is 0.0504 e. The maximum atomic E-state index is 3.36. The molecule has 2 atom stereocenters. The van der Waals surface area contributed by atoms with E-state index in [4.69, 9.17) is 0 Å². The molecule has 1 heterocycles. The summed E-state index contributed by atoms with van der Waals surface area (Å²) in [5.74, 6) is 0.796. The van der Waals surface area contributed by atoms with Crippen LogP contribution in [0.3, 0.4) is 0 Å². The number of allylic oxidation sites excluding steroid dienone is 1. The summed E-state index contributed by atoms with van der Waals surface area (Å²) in [5.41, 5.74) is 1.52. The molecule has 10 heavy (non-hydrogen) atoms. The first kappa shape index (κ1) is 6.02. The number of hydrogen-bond acceptors (Lipinski definition) is 1. The van der Waals surface area contributed by atoms with Crippen molar-refractivity contribution < 1.29 is 0 Å². The largest absolute Gasteiger partial charge is 0.384 e. The van der Waals surface area contributed by atoms with E-state index in [9.17, 15) is 0 Å². The van der Waals surface area contributed by atoms with Crippen LogP contribution in [0.1, 0.15) is 19.8 Å². The quantitative estimate of drug-likeness (QED) is 0.500. The van der Waals surface area contributed by atoms with Gasteiger partial charge in [-0.15, -0.1) is 0 Å². The average molecular weight is 135 g/mol. The first-order valence-electron chi connectivity index (χ1n) is 3.97. The van der Waals surface area contributed by atoms with E-state index in [1.165, 1.54) is 18.4 Å². The second-order valence-corrected chi connectivity index (χ2v) is 3.19. The van der Waals surface area contributed by atoms with E-state index in [0.29, 0.717) is 6.04 Å². The normalized spacial score (nSPS) is 36.7. The highest BCUT2D eigenvalue weighted by Gasteiger charge is 2.25. The molecule has 0 aromatic rings. The van der Waals surface area contributed by atoms with Crippen LogP contribution in [-0.4, -0.2) is 6.04 Å². The van der Waals surface area contributed by atoms with E-state index in [0.717, 1.165) is 5.92 Å². The summed E-state index contributed by atoms with van der Waals surface area (Å²) in [6.07, 6.45) is 9.32. The maximum Gasteiger partial charge on any atom is 0.0504 e. The standard InChI is InChI=1S/C9H13N/c1-7-6-10-9-5-3-2-4-8(7)9/h3,5-6,8-10H,2,4H2,1H3. The maximum absolute atomic E-state index is 3.36. The molecule has 0 aromatic carbocycles. The molecule has 1 aliphatic carbocycles. The van der Waals surface area contributed by atoms with Gasteiger partial charge in [0.2, 0.25) is 0 Å². The fourth-order valence-electron chi connectivity index (χ4n) is 1.85. The lowest BCUT2D eigenvalue weighted by atomic mass is 9.87. The van der Waals surface area contributed by atoms with Crippen LogP contribution in [-0.2, 0) is 0 Å². The second-order valence-electron chi connectivity index (χ2n) is 3.19. The Kier molecular flexibility index (Phi) is 1.30. The predicted molar refractivity (Wildman–Crippen MR) is 42.5 cm³/mol. The third-order valence-electron chi connectivity index (χ3n) is 2.51. The molecule has 2 rings (SSSR count). The minimum Gasteiger partial charge on any atom is -0.384 e. The Hall–Kier alpha value is -0.720. The minimum absolute atomic E-state index is 0.619. The summed E-state index contributed by atoms with van der Waals surface area (Å²) in [6, 6.07) is 0.619. The molecule has 2 unspecified atom stereocenters. The van der Waals surface area contributed by atoms with Gasteiger partial charge in [0.1, 0.15) is 0 Å². The van der Waals surface area contributed by atoms with Crippen molar-refractivity contribution in [3.63, 3.8) is 0 Å². The molecular formula is C9H13N. The summed E-state index contributed by atoms with van der Waals surface area (Å²) in [7, 11) is 0. The highest BCUT2D eigenvalue weighted by molar-refractivity contribution is 5.21. The lowest BCUT2D eigenvalue weighted by molar-refractivity contribution is 0.488. The van der Waals surface area contributed by atoms with Crippen LogP contribution in [0.4, 0.5) is 0 Å². The molecule has 0 bridgehead atoms. The number of hydrogen-bond donors (Lipinski definition) is 1. The summed E-state index contributed by atoms with van der Waals surface area (Å²) >= 11 is 0. The first-order chi connectivity index (χ1) is 4.88. The van der Waals surface area contributed by atoms with Crippen molar-refractivity contribution in [1.82, 2.24) is 5.32 Å². The molecule has 0 aromatic heterocycles. The van der Waals surface area contributed by atoms with Crippen LogP contribution in [0.2, 0.25) is 0 Å². The molecule has 0 amide bonds. The Morgan fingerprint density at radius 1 is 1.60 bits per heavy atom.